The monoisotopic (exact) mass is 369 g/mol. The van der Waals surface area contributed by atoms with Crippen LogP contribution in [-0.4, -0.2) is 48.7 Å². The van der Waals surface area contributed by atoms with E-state index in [0.29, 0.717) is 29.8 Å². The van der Waals surface area contributed by atoms with Crippen LogP contribution in [0.5, 0.6) is 0 Å². The van der Waals surface area contributed by atoms with Gasteiger partial charge in [-0.05, 0) is 32.4 Å². The van der Waals surface area contributed by atoms with Gasteiger partial charge in [0.05, 0.1) is 12.3 Å². The zero-order valence-electron chi connectivity index (χ0n) is 15.9. The smallest absolute Gasteiger partial charge is 0.251 e. The van der Waals surface area contributed by atoms with E-state index in [2.05, 4.69) is 34.0 Å². The molecule has 0 aliphatic carbocycles. The summed E-state index contributed by atoms with van der Waals surface area (Å²) in [5.41, 5.74) is 8.25. The van der Waals surface area contributed by atoms with E-state index < -0.39 is 0 Å². The Morgan fingerprint density at radius 3 is 2.63 bits per heavy atom. The fourth-order valence-corrected chi connectivity index (χ4v) is 3.12. The maximum Gasteiger partial charge on any atom is 0.251 e. The maximum absolute atomic E-state index is 12.3. The molecule has 144 valence electrons. The minimum absolute atomic E-state index is 0.0699. The number of nitrogens with two attached hydrogens (primary N) is 1. The number of nitrogens with one attached hydrogen (secondary N) is 1. The highest BCUT2D eigenvalue weighted by Gasteiger charge is 2.17. The molecule has 1 aromatic heterocycles. The van der Waals surface area contributed by atoms with Crippen LogP contribution >= 0.6 is 0 Å². The van der Waals surface area contributed by atoms with Gasteiger partial charge in [0.25, 0.3) is 5.91 Å². The number of hydrogen-bond acceptors (Lipinski definition) is 6. The highest BCUT2D eigenvalue weighted by atomic mass is 16.5. The van der Waals surface area contributed by atoms with Gasteiger partial charge in [-0.3, -0.25) is 4.79 Å². The number of aromatic nitrogens is 2. The Hall–Kier alpha value is -2.67. The summed E-state index contributed by atoms with van der Waals surface area (Å²) in [6.07, 6.45) is 1.00. The first kappa shape index (κ1) is 19.1. The van der Waals surface area contributed by atoms with E-state index in [0.717, 1.165) is 44.0 Å². The van der Waals surface area contributed by atoms with Gasteiger partial charge in [-0.2, -0.15) is 4.98 Å². The molecule has 1 amide bonds. The van der Waals surface area contributed by atoms with Crippen molar-refractivity contribution in [3.8, 4) is 11.3 Å². The van der Waals surface area contributed by atoms with Crippen molar-refractivity contribution in [1.29, 1.82) is 0 Å². The molecule has 7 nitrogen and oxygen atoms in total. The Kier molecular flexibility index (Phi) is 6.24. The number of ether oxygens (including phenoxy) is 1. The summed E-state index contributed by atoms with van der Waals surface area (Å²) < 4.78 is 5.34. The Morgan fingerprint density at radius 1 is 1.26 bits per heavy atom. The number of hydrogen-bond donors (Lipinski definition) is 2. The molecular formula is C20H27N5O2. The number of benzene rings is 1. The van der Waals surface area contributed by atoms with E-state index in [1.165, 1.54) is 0 Å². The molecule has 0 unspecified atom stereocenters. The van der Waals surface area contributed by atoms with Crippen molar-refractivity contribution >= 4 is 17.7 Å². The average Bonchev–Trinajstić information content (AvgIpc) is 3.20. The molecule has 0 radical (unpaired) electrons. The number of anilines is 2. The molecule has 1 atom stereocenters. The second-order valence-corrected chi connectivity index (χ2v) is 6.67. The molecule has 0 bridgehead atoms. The van der Waals surface area contributed by atoms with Gasteiger partial charge in [-0.15, -0.1) is 0 Å². The van der Waals surface area contributed by atoms with Gasteiger partial charge in [0.1, 0.15) is 5.82 Å². The normalized spacial score (nSPS) is 16.3. The minimum atomic E-state index is -0.0699. The largest absolute Gasteiger partial charge is 0.384 e. The van der Waals surface area contributed by atoms with E-state index in [-0.39, 0.29) is 5.91 Å². The molecule has 3 N–H and O–H groups in total. The van der Waals surface area contributed by atoms with Crippen LogP contribution in [0.4, 0.5) is 11.8 Å². The third kappa shape index (κ3) is 4.74. The SMILES string of the molecule is CCN(CC)c1nc(N)cc(-c2ccc(C(=O)NC[C@H]3CCOC3)cc2)n1. The second kappa shape index (κ2) is 8.81. The Bertz CT molecular complexity index is 768. The highest BCUT2D eigenvalue weighted by Crippen LogP contribution is 2.22. The van der Waals surface area contributed by atoms with Crippen LogP contribution in [0.25, 0.3) is 11.3 Å². The van der Waals surface area contributed by atoms with E-state index in [4.69, 9.17) is 10.5 Å². The molecule has 0 spiro atoms. The molecule has 2 heterocycles. The number of amides is 1. The molecular weight excluding hydrogens is 342 g/mol. The van der Waals surface area contributed by atoms with Crippen molar-refractivity contribution in [1.82, 2.24) is 15.3 Å². The quantitative estimate of drug-likeness (QED) is 0.778. The molecule has 1 aliphatic heterocycles. The van der Waals surface area contributed by atoms with Crippen LogP contribution in [0.1, 0.15) is 30.6 Å². The highest BCUT2D eigenvalue weighted by molar-refractivity contribution is 5.94. The number of carbonyl (C=O) groups is 1. The first-order chi connectivity index (χ1) is 13.1. The van der Waals surface area contributed by atoms with Crippen LogP contribution in [0.15, 0.2) is 30.3 Å². The number of nitrogen functional groups attached to an aromatic ring is 1. The van der Waals surface area contributed by atoms with E-state index >= 15 is 0 Å². The van der Waals surface area contributed by atoms with Gasteiger partial charge in [-0.25, -0.2) is 4.98 Å². The Morgan fingerprint density at radius 2 is 2.00 bits per heavy atom. The van der Waals surface area contributed by atoms with Gasteiger partial charge < -0.3 is 20.7 Å². The van der Waals surface area contributed by atoms with Crippen LogP contribution < -0.4 is 16.0 Å². The lowest BCUT2D eigenvalue weighted by molar-refractivity contribution is 0.0945. The Labute approximate surface area is 159 Å². The predicted octanol–water partition coefficient (Wildman–Crippen LogP) is 2.34. The summed E-state index contributed by atoms with van der Waals surface area (Å²) in [5.74, 6) is 1.40. The fraction of sp³-hybridized carbons (Fsp3) is 0.450. The summed E-state index contributed by atoms with van der Waals surface area (Å²) in [6.45, 7) is 7.89. The molecule has 7 heteroatoms. The van der Waals surface area contributed by atoms with Gasteiger partial charge in [0, 0.05) is 49.4 Å². The minimum Gasteiger partial charge on any atom is -0.384 e. The summed E-state index contributed by atoms with van der Waals surface area (Å²) in [6, 6.07) is 9.15. The molecule has 3 rings (SSSR count). The van der Waals surface area contributed by atoms with Crippen LogP contribution in [-0.2, 0) is 4.74 Å². The van der Waals surface area contributed by atoms with Crippen molar-refractivity contribution in [3.63, 3.8) is 0 Å². The molecule has 27 heavy (non-hydrogen) atoms. The fourth-order valence-electron chi connectivity index (χ4n) is 3.12. The molecule has 1 fully saturated rings. The lowest BCUT2D eigenvalue weighted by Gasteiger charge is -2.19. The van der Waals surface area contributed by atoms with Crippen molar-refractivity contribution < 1.29 is 9.53 Å². The van der Waals surface area contributed by atoms with Gasteiger partial charge >= 0.3 is 0 Å². The Balaban J connectivity index is 1.72. The number of carbonyl (C=O) groups excluding carboxylic acids is 1. The van der Waals surface area contributed by atoms with Crippen molar-refractivity contribution in [2.75, 3.05) is 43.5 Å². The topological polar surface area (TPSA) is 93.4 Å². The first-order valence-electron chi connectivity index (χ1n) is 9.46. The molecule has 0 saturated carbocycles. The maximum atomic E-state index is 12.3. The summed E-state index contributed by atoms with van der Waals surface area (Å²) >= 11 is 0. The zero-order chi connectivity index (χ0) is 19.2. The standard InChI is InChI=1S/C20H27N5O2/c1-3-25(4-2)20-23-17(11-18(21)24-20)15-5-7-16(8-6-15)19(26)22-12-14-9-10-27-13-14/h5-8,11,14H,3-4,9-10,12-13H2,1-2H3,(H,22,26)(H2,21,23,24)/t14-/m1/s1. The lowest BCUT2D eigenvalue weighted by atomic mass is 10.1. The van der Waals surface area contributed by atoms with Gasteiger partial charge in [0.15, 0.2) is 0 Å². The summed E-state index contributed by atoms with van der Waals surface area (Å²) in [7, 11) is 0. The third-order valence-corrected chi connectivity index (χ3v) is 4.80. The third-order valence-electron chi connectivity index (χ3n) is 4.80. The molecule has 1 aromatic carbocycles. The molecule has 2 aromatic rings. The second-order valence-electron chi connectivity index (χ2n) is 6.67. The summed E-state index contributed by atoms with van der Waals surface area (Å²) in [5, 5.41) is 2.98. The van der Waals surface area contributed by atoms with Crippen molar-refractivity contribution in [3.05, 3.63) is 35.9 Å². The van der Waals surface area contributed by atoms with Crippen LogP contribution in [0, 0.1) is 5.92 Å². The van der Waals surface area contributed by atoms with Crippen LogP contribution in [0.2, 0.25) is 0 Å². The average molecular weight is 369 g/mol. The summed E-state index contributed by atoms with van der Waals surface area (Å²) in [4.78, 5) is 23.3. The van der Waals surface area contributed by atoms with E-state index in [1.54, 1.807) is 6.07 Å². The number of rotatable bonds is 7. The van der Waals surface area contributed by atoms with Gasteiger partial charge in [0.2, 0.25) is 5.95 Å². The van der Waals surface area contributed by atoms with E-state index in [1.807, 2.05) is 24.3 Å². The zero-order valence-corrected chi connectivity index (χ0v) is 15.9. The first-order valence-corrected chi connectivity index (χ1v) is 9.46. The van der Waals surface area contributed by atoms with Crippen LogP contribution in [0.3, 0.4) is 0 Å². The number of nitrogens with zero attached hydrogens (tertiary/aromatic N) is 3. The molecule has 1 aliphatic rings. The lowest BCUT2D eigenvalue weighted by Crippen LogP contribution is -2.29. The van der Waals surface area contributed by atoms with Crippen molar-refractivity contribution in [2.24, 2.45) is 5.92 Å². The van der Waals surface area contributed by atoms with E-state index in [9.17, 15) is 4.79 Å². The van der Waals surface area contributed by atoms with Gasteiger partial charge in [-0.1, -0.05) is 12.1 Å². The van der Waals surface area contributed by atoms with Crippen molar-refractivity contribution in [2.45, 2.75) is 20.3 Å². The molecule has 1 saturated heterocycles. The predicted molar refractivity (Wildman–Crippen MR) is 107 cm³/mol.